The minimum Gasteiger partial charge on any atom is -0.468 e. The lowest BCUT2D eigenvalue weighted by molar-refractivity contribution is -0.211. The summed E-state index contributed by atoms with van der Waals surface area (Å²) in [6.45, 7) is 0.884. The maximum atomic E-state index is 11.9. The zero-order chi connectivity index (χ0) is 9.94. The zero-order valence-corrected chi connectivity index (χ0v) is 6.55. The van der Waals surface area contributed by atoms with Crippen molar-refractivity contribution in [1.29, 1.82) is 0 Å². The van der Waals surface area contributed by atoms with E-state index in [0.29, 0.717) is 0 Å². The molecule has 12 heavy (non-hydrogen) atoms. The number of carbonyl (C=O) groups is 1. The van der Waals surface area contributed by atoms with Crippen LogP contribution in [0.15, 0.2) is 0 Å². The van der Waals surface area contributed by atoms with Gasteiger partial charge in [0.05, 0.1) is 13.2 Å². The third-order valence-electron chi connectivity index (χ3n) is 1.29. The summed E-state index contributed by atoms with van der Waals surface area (Å²) in [7, 11) is 0.837. The second kappa shape index (κ2) is 3.75. The van der Waals surface area contributed by atoms with Crippen molar-refractivity contribution in [1.82, 2.24) is 0 Å². The monoisotopic (exact) mass is 186 g/mol. The predicted molar refractivity (Wildman–Crippen MR) is 33.2 cm³/mol. The van der Waals surface area contributed by atoms with Crippen molar-refractivity contribution in [3.05, 3.63) is 0 Å². The molecule has 2 atom stereocenters. The Labute approximate surface area is 67.1 Å². The predicted octanol–water partition coefficient (Wildman–Crippen LogP) is 0.719. The molecule has 0 aliphatic carbocycles. The molecule has 0 amide bonds. The van der Waals surface area contributed by atoms with Gasteiger partial charge in [0, 0.05) is 0 Å². The van der Waals surface area contributed by atoms with Crippen molar-refractivity contribution in [3.8, 4) is 0 Å². The lowest BCUT2D eigenvalue weighted by Gasteiger charge is -2.19. The van der Waals surface area contributed by atoms with E-state index in [2.05, 4.69) is 4.74 Å². The standard InChI is InChI=1S/C6H9F3O3/c1-3(10)4(5(11)12-2)6(7,8)9/h3-4,10H,1-2H3/t3-,4+/m0/s1. The molecule has 0 aliphatic rings. The number of hydrogen-bond donors (Lipinski definition) is 1. The molecule has 0 bridgehead atoms. The molecule has 0 rings (SSSR count). The average Bonchev–Trinajstić information content (AvgIpc) is 1.83. The molecule has 3 nitrogen and oxygen atoms in total. The number of aliphatic hydroxyl groups excluding tert-OH is 1. The highest BCUT2D eigenvalue weighted by Crippen LogP contribution is 2.29. The number of carbonyl (C=O) groups excluding carboxylic acids is 1. The second-order valence-corrected chi connectivity index (χ2v) is 2.28. The maximum Gasteiger partial charge on any atom is 0.404 e. The van der Waals surface area contributed by atoms with Gasteiger partial charge in [-0.05, 0) is 6.92 Å². The number of rotatable bonds is 2. The molecule has 0 aromatic heterocycles. The first-order valence-electron chi connectivity index (χ1n) is 3.13. The Morgan fingerprint density at radius 3 is 2.00 bits per heavy atom. The Balaban J connectivity index is 4.56. The number of esters is 1. The van der Waals surface area contributed by atoms with Gasteiger partial charge in [0.1, 0.15) is 0 Å². The highest BCUT2D eigenvalue weighted by atomic mass is 19.4. The average molecular weight is 186 g/mol. The van der Waals surface area contributed by atoms with E-state index in [0.717, 1.165) is 14.0 Å². The summed E-state index contributed by atoms with van der Waals surface area (Å²) in [5.74, 6) is -3.93. The van der Waals surface area contributed by atoms with Gasteiger partial charge in [-0.25, -0.2) is 0 Å². The van der Waals surface area contributed by atoms with Crippen LogP contribution in [0, 0.1) is 5.92 Å². The summed E-state index contributed by atoms with van der Waals surface area (Å²) in [5.41, 5.74) is 0. The van der Waals surface area contributed by atoms with Crippen LogP contribution in [0.25, 0.3) is 0 Å². The Kier molecular flexibility index (Phi) is 3.51. The summed E-state index contributed by atoms with van der Waals surface area (Å²) >= 11 is 0. The number of halogens is 3. The molecule has 0 aliphatic heterocycles. The lowest BCUT2D eigenvalue weighted by Crippen LogP contribution is -2.39. The number of alkyl halides is 3. The molecule has 0 heterocycles. The van der Waals surface area contributed by atoms with E-state index in [1.807, 2.05) is 0 Å². The van der Waals surface area contributed by atoms with Crippen molar-refractivity contribution in [2.75, 3.05) is 7.11 Å². The van der Waals surface area contributed by atoms with Crippen LogP contribution in [0.2, 0.25) is 0 Å². The topological polar surface area (TPSA) is 46.5 Å². The summed E-state index contributed by atoms with van der Waals surface area (Å²) in [6, 6.07) is 0. The Morgan fingerprint density at radius 1 is 1.50 bits per heavy atom. The smallest absolute Gasteiger partial charge is 0.404 e. The third-order valence-corrected chi connectivity index (χ3v) is 1.29. The van der Waals surface area contributed by atoms with Crippen molar-refractivity contribution >= 4 is 5.97 Å². The molecule has 72 valence electrons. The van der Waals surface area contributed by atoms with Gasteiger partial charge in [-0.15, -0.1) is 0 Å². The number of hydrogen-bond acceptors (Lipinski definition) is 3. The molecule has 6 heteroatoms. The summed E-state index contributed by atoms with van der Waals surface area (Å²) in [6.07, 6.45) is -6.56. The van der Waals surface area contributed by atoms with Gasteiger partial charge < -0.3 is 9.84 Å². The van der Waals surface area contributed by atoms with Gasteiger partial charge in [0.25, 0.3) is 0 Å². The SMILES string of the molecule is COC(=O)[C@@H]([C@H](C)O)C(F)(F)F. The van der Waals surface area contributed by atoms with Crippen molar-refractivity contribution in [2.24, 2.45) is 5.92 Å². The molecule has 0 unspecified atom stereocenters. The molecule has 0 saturated heterocycles. The van der Waals surface area contributed by atoms with Crippen LogP contribution in [0.1, 0.15) is 6.92 Å². The summed E-state index contributed by atoms with van der Waals surface area (Å²) in [5, 5.41) is 8.63. The van der Waals surface area contributed by atoms with Crippen molar-refractivity contribution < 1.29 is 27.8 Å². The van der Waals surface area contributed by atoms with Gasteiger partial charge >= 0.3 is 12.1 Å². The van der Waals surface area contributed by atoms with Crippen LogP contribution in [-0.4, -0.2) is 30.5 Å². The molecule has 0 aromatic carbocycles. The molecule has 0 saturated carbocycles. The molecular formula is C6H9F3O3. The first-order valence-corrected chi connectivity index (χ1v) is 3.13. The fourth-order valence-corrected chi connectivity index (χ4v) is 0.731. The Morgan fingerprint density at radius 2 is 1.92 bits per heavy atom. The van der Waals surface area contributed by atoms with Crippen molar-refractivity contribution in [3.63, 3.8) is 0 Å². The molecule has 0 fully saturated rings. The molecular weight excluding hydrogens is 177 g/mol. The van der Waals surface area contributed by atoms with Crippen molar-refractivity contribution in [2.45, 2.75) is 19.2 Å². The van der Waals surface area contributed by atoms with E-state index in [4.69, 9.17) is 5.11 Å². The van der Waals surface area contributed by atoms with E-state index < -0.39 is 24.2 Å². The van der Waals surface area contributed by atoms with Crippen LogP contribution in [0.3, 0.4) is 0 Å². The lowest BCUT2D eigenvalue weighted by atomic mass is 10.0. The van der Waals surface area contributed by atoms with E-state index in [1.165, 1.54) is 0 Å². The number of ether oxygens (including phenoxy) is 1. The van der Waals surface area contributed by atoms with Crippen LogP contribution < -0.4 is 0 Å². The van der Waals surface area contributed by atoms with Gasteiger partial charge in [-0.2, -0.15) is 13.2 Å². The maximum absolute atomic E-state index is 11.9. The van der Waals surface area contributed by atoms with E-state index in [1.54, 1.807) is 0 Å². The van der Waals surface area contributed by atoms with E-state index in [-0.39, 0.29) is 0 Å². The molecule has 0 aromatic rings. The van der Waals surface area contributed by atoms with Gasteiger partial charge in [-0.1, -0.05) is 0 Å². The zero-order valence-electron chi connectivity index (χ0n) is 6.55. The minimum atomic E-state index is -4.76. The first kappa shape index (κ1) is 11.2. The van der Waals surface area contributed by atoms with Crippen LogP contribution >= 0.6 is 0 Å². The number of methoxy groups -OCH3 is 1. The summed E-state index contributed by atoms with van der Waals surface area (Å²) in [4.78, 5) is 10.5. The van der Waals surface area contributed by atoms with Gasteiger partial charge in [-0.3, -0.25) is 4.79 Å². The number of aliphatic hydroxyl groups is 1. The third kappa shape index (κ3) is 2.69. The molecule has 1 N–H and O–H groups in total. The van der Waals surface area contributed by atoms with Gasteiger partial charge in [0.15, 0.2) is 5.92 Å². The fraction of sp³-hybridized carbons (Fsp3) is 0.833. The second-order valence-electron chi connectivity index (χ2n) is 2.28. The van der Waals surface area contributed by atoms with Crippen LogP contribution in [-0.2, 0) is 9.53 Å². The largest absolute Gasteiger partial charge is 0.468 e. The van der Waals surface area contributed by atoms with Gasteiger partial charge in [0.2, 0.25) is 0 Å². The summed E-state index contributed by atoms with van der Waals surface area (Å²) < 4.78 is 39.7. The van der Waals surface area contributed by atoms with E-state index in [9.17, 15) is 18.0 Å². The highest BCUT2D eigenvalue weighted by molar-refractivity contribution is 5.73. The quantitative estimate of drug-likeness (QED) is 0.646. The fourth-order valence-electron chi connectivity index (χ4n) is 0.731. The normalized spacial score (nSPS) is 16.8. The minimum absolute atomic E-state index is 0.837. The molecule has 0 radical (unpaired) electrons. The van der Waals surface area contributed by atoms with Crippen LogP contribution in [0.4, 0.5) is 13.2 Å². The Bertz CT molecular complexity index is 164. The Hall–Kier alpha value is -0.780. The van der Waals surface area contributed by atoms with E-state index >= 15 is 0 Å². The highest BCUT2D eigenvalue weighted by Gasteiger charge is 2.48. The van der Waals surface area contributed by atoms with Crippen LogP contribution in [0.5, 0.6) is 0 Å². The molecule has 0 spiro atoms. The first-order chi connectivity index (χ1) is 5.30.